The molecule has 1 heterocycles. The Bertz CT molecular complexity index is 921. The Morgan fingerprint density at radius 3 is 2.65 bits per heavy atom. The summed E-state index contributed by atoms with van der Waals surface area (Å²) in [6, 6.07) is 15.6. The number of aromatic nitrogens is 1. The van der Waals surface area contributed by atoms with Crippen molar-refractivity contribution in [2.24, 2.45) is 0 Å². The van der Waals surface area contributed by atoms with Gasteiger partial charge in [-0.25, -0.2) is 0 Å². The highest BCUT2D eigenvalue weighted by molar-refractivity contribution is 14.1. The predicted octanol–water partition coefficient (Wildman–Crippen LogP) is 3.85. The fourth-order valence-corrected chi connectivity index (χ4v) is 3.11. The first-order valence-corrected chi connectivity index (χ1v) is 8.11. The number of nitrogens with zero attached hydrogens (tertiary/aromatic N) is 2. The Morgan fingerprint density at radius 2 is 1.91 bits per heavy atom. The first-order valence-electron chi connectivity index (χ1n) is 7.04. The second kappa shape index (κ2) is 6.80. The number of hydrogen-bond donors (Lipinski definition) is 0. The number of rotatable bonds is 1. The molecule has 0 aliphatic rings. The van der Waals surface area contributed by atoms with Crippen LogP contribution in [-0.4, -0.2) is 17.9 Å². The van der Waals surface area contributed by atoms with Crippen molar-refractivity contribution >= 4 is 45.0 Å². The van der Waals surface area contributed by atoms with Crippen LogP contribution in [0.2, 0.25) is 0 Å². The van der Waals surface area contributed by atoms with E-state index in [0.29, 0.717) is 0 Å². The van der Waals surface area contributed by atoms with Crippen LogP contribution in [-0.2, 0) is 4.79 Å². The molecule has 4 heteroatoms. The van der Waals surface area contributed by atoms with Gasteiger partial charge in [-0.05, 0) is 52.2 Å². The van der Waals surface area contributed by atoms with Gasteiger partial charge in [0.15, 0.2) is 0 Å². The molecule has 3 aromatic rings. The number of benzene rings is 2. The van der Waals surface area contributed by atoms with E-state index in [1.54, 1.807) is 30.4 Å². The summed E-state index contributed by atoms with van der Waals surface area (Å²) in [6.07, 6.45) is 3.32. The molecule has 1 aromatic heterocycles. The lowest BCUT2D eigenvalue weighted by molar-refractivity contribution is -0.113. The topological polar surface area (TPSA) is 33.2 Å². The third-order valence-corrected chi connectivity index (χ3v) is 4.37. The van der Waals surface area contributed by atoms with Crippen LogP contribution in [0.1, 0.15) is 5.56 Å². The quantitative estimate of drug-likeness (QED) is 0.450. The number of halogens is 1. The number of fused-ring (bicyclic) bond motifs is 1. The van der Waals surface area contributed by atoms with Gasteiger partial charge >= 0.3 is 5.91 Å². The smallest absolute Gasteiger partial charge is 0.303 e. The van der Waals surface area contributed by atoms with Gasteiger partial charge in [-0.2, -0.15) is 0 Å². The summed E-state index contributed by atoms with van der Waals surface area (Å²) in [6.45, 7) is 0. The van der Waals surface area contributed by atoms with Gasteiger partial charge in [0.1, 0.15) is 0 Å². The highest BCUT2D eigenvalue weighted by Crippen LogP contribution is 2.30. The molecule has 3 rings (SSSR count). The van der Waals surface area contributed by atoms with Crippen molar-refractivity contribution in [3.8, 4) is 11.8 Å². The van der Waals surface area contributed by atoms with Crippen LogP contribution in [0.3, 0.4) is 0 Å². The van der Waals surface area contributed by atoms with Crippen molar-refractivity contribution in [2.45, 2.75) is 0 Å². The standard InChI is InChI=1S/C19H13IN2O/c1-22(18(23)11-10-14-5-4-12-21-13-14)17-9-3-7-15-6-2-8-16(20)19(15)17/h2-9,12-13H,1H3. The molecule has 0 aliphatic carbocycles. The molecule has 2 aromatic carbocycles. The first kappa shape index (κ1) is 15.5. The van der Waals surface area contributed by atoms with E-state index in [1.165, 1.54) is 0 Å². The molecule has 0 unspecified atom stereocenters. The maximum Gasteiger partial charge on any atom is 0.303 e. The fraction of sp³-hybridized carbons (Fsp3) is 0.0526. The first-order chi connectivity index (χ1) is 11.2. The van der Waals surface area contributed by atoms with Gasteiger partial charge in [-0.1, -0.05) is 30.2 Å². The molecule has 0 atom stereocenters. The van der Waals surface area contributed by atoms with Crippen molar-refractivity contribution in [2.75, 3.05) is 11.9 Å². The Hall–Kier alpha value is -2.39. The van der Waals surface area contributed by atoms with E-state index in [0.717, 1.165) is 25.6 Å². The van der Waals surface area contributed by atoms with E-state index in [-0.39, 0.29) is 5.91 Å². The summed E-state index contributed by atoms with van der Waals surface area (Å²) in [5, 5.41) is 2.17. The van der Waals surface area contributed by atoms with Crippen molar-refractivity contribution in [3.05, 3.63) is 70.1 Å². The van der Waals surface area contributed by atoms with Gasteiger partial charge < -0.3 is 4.90 Å². The Balaban J connectivity index is 1.96. The number of anilines is 1. The lowest BCUT2D eigenvalue weighted by atomic mass is 10.1. The summed E-state index contributed by atoms with van der Waals surface area (Å²) in [5.74, 6) is 5.28. The molecule has 0 saturated carbocycles. The average Bonchev–Trinajstić information content (AvgIpc) is 2.59. The number of amides is 1. The number of hydrogen-bond acceptors (Lipinski definition) is 2. The second-order valence-electron chi connectivity index (χ2n) is 4.97. The van der Waals surface area contributed by atoms with Crippen LogP contribution in [0.5, 0.6) is 0 Å². The normalized spacial score (nSPS) is 10.0. The molecule has 0 aliphatic heterocycles. The van der Waals surface area contributed by atoms with E-state index in [2.05, 4.69) is 39.4 Å². The summed E-state index contributed by atoms with van der Waals surface area (Å²) < 4.78 is 1.11. The van der Waals surface area contributed by atoms with Gasteiger partial charge in [0, 0.05) is 39.9 Å². The fourth-order valence-electron chi connectivity index (χ4n) is 2.31. The molecule has 0 N–H and O–H groups in total. The molecular formula is C19H13IN2O. The Morgan fingerprint density at radius 1 is 1.13 bits per heavy atom. The van der Waals surface area contributed by atoms with E-state index in [4.69, 9.17) is 0 Å². The zero-order valence-corrected chi connectivity index (χ0v) is 14.6. The van der Waals surface area contributed by atoms with Crippen LogP contribution < -0.4 is 4.90 Å². The predicted molar refractivity (Wildman–Crippen MR) is 101 cm³/mol. The highest BCUT2D eigenvalue weighted by atomic mass is 127. The largest absolute Gasteiger partial charge is 0.304 e. The number of carbonyl (C=O) groups excluding carboxylic acids is 1. The minimum atomic E-state index is -0.249. The van der Waals surface area contributed by atoms with Gasteiger partial charge in [0.2, 0.25) is 0 Å². The summed E-state index contributed by atoms with van der Waals surface area (Å²) in [5.41, 5.74) is 1.58. The van der Waals surface area contributed by atoms with Crippen molar-refractivity contribution < 1.29 is 4.79 Å². The Labute approximate surface area is 148 Å². The molecule has 1 amide bonds. The minimum Gasteiger partial charge on any atom is -0.304 e. The monoisotopic (exact) mass is 412 g/mol. The van der Waals surface area contributed by atoms with E-state index in [9.17, 15) is 4.79 Å². The van der Waals surface area contributed by atoms with Crippen LogP contribution in [0.15, 0.2) is 60.9 Å². The van der Waals surface area contributed by atoms with Crippen molar-refractivity contribution in [3.63, 3.8) is 0 Å². The van der Waals surface area contributed by atoms with Crippen LogP contribution >= 0.6 is 22.6 Å². The summed E-state index contributed by atoms with van der Waals surface area (Å²) >= 11 is 2.29. The van der Waals surface area contributed by atoms with E-state index in [1.807, 2.05) is 42.5 Å². The van der Waals surface area contributed by atoms with Crippen LogP contribution in [0.4, 0.5) is 5.69 Å². The van der Waals surface area contributed by atoms with E-state index < -0.39 is 0 Å². The van der Waals surface area contributed by atoms with E-state index >= 15 is 0 Å². The lowest BCUT2D eigenvalue weighted by Crippen LogP contribution is -2.24. The van der Waals surface area contributed by atoms with Gasteiger partial charge in [-0.15, -0.1) is 0 Å². The summed E-state index contributed by atoms with van der Waals surface area (Å²) in [4.78, 5) is 18.0. The second-order valence-corrected chi connectivity index (χ2v) is 6.13. The van der Waals surface area contributed by atoms with Crippen LogP contribution in [0.25, 0.3) is 10.8 Å². The minimum absolute atomic E-state index is 0.249. The zero-order valence-electron chi connectivity index (χ0n) is 12.5. The molecule has 0 radical (unpaired) electrons. The van der Waals surface area contributed by atoms with Gasteiger partial charge in [0.05, 0.1) is 5.69 Å². The molecule has 3 nitrogen and oxygen atoms in total. The molecule has 112 valence electrons. The van der Waals surface area contributed by atoms with Gasteiger partial charge in [-0.3, -0.25) is 9.78 Å². The SMILES string of the molecule is CN(C(=O)C#Cc1cccnc1)c1cccc2cccc(I)c12. The van der Waals surface area contributed by atoms with Crippen LogP contribution in [0, 0.1) is 15.4 Å². The molecule has 0 spiro atoms. The third kappa shape index (κ3) is 3.35. The molecule has 23 heavy (non-hydrogen) atoms. The molecular weight excluding hydrogens is 399 g/mol. The van der Waals surface area contributed by atoms with Gasteiger partial charge in [0.25, 0.3) is 0 Å². The molecule has 0 bridgehead atoms. The lowest BCUT2D eigenvalue weighted by Gasteiger charge is -2.17. The third-order valence-electron chi connectivity index (χ3n) is 3.47. The number of carbonyl (C=O) groups is 1. The molecule has 0 fully saturated rings. The highest BCUT2D eigenvalue weighted by Gasteiger charge is 2.13. The average molecular weight is 412 g/mol. The van der Waals surface area contributed by atoms with Crippen molar-refractivity contribution in [1.82, 2.24) is 4.98 Å². The zero-order chi connectivity index (χ0) is 16.2. The van der Waals surface area contributed by atoms with Crippen molar-refractivity contribution in [1.29, 1.82) is 0 Å². The maximum atomic E-state index is 12.4. The number of pyridine rings is 1. The Kier molecular flexibility index (Phi) is 4.58. The summed E-state index contributed by atoms with van der Waals surface area (Å²) in [7, 11) is 1.75. The molecule has 0 saturated heterocycles. The maximum absolute atomic E-state index is 12.4.